The highest BCUT2D eigenvalue weighted by Gasteiger charge is 2.42. The van der Waals surface area contributed by atoms with Crippen molar-refractivity contribution in [2.24, 2.45) is 11.7 Å². The zero-order valence-electron chi connectivity index (χ0n) is 10.7. The summed E-state index contributed by atoms with van der Waals surface area (Å²) in [7, 11) is 0. The van der Waals surface area contributed by atoms with E-state index in [2.05, 4.69) is 15.9 Å². The number of rotatable bonds is 4. The fourth-order valence-electron chi connectivity index (χ4n) is 1.82. The van der Waals surface area contributed by atoms with Gasteiger partial charge in [0.25, 0.3) is 0 Å². The number of nitrogens with one attached hydrogen (secondary N) is 1. The van der Waals surface area contributed by atoms with Crippen LogP contribution in [0.3, 0.4) is 0 Å². The third-order valence-electron chi connectivity index (χ3n) is 2.96. The summed E-state index contributed by atoms with van der Waals surface area (Å²) < 4.78 is 44.1. The van der Waals surface area contributed by atoms with E-state index >= 15 is 0 Å². The first kappa shape index (κ1) is 15.6. The molecule has 0 saturated heterocycles. The van der Waals surface area contributed by atoms with E-state index in [1.54, 1.807) is 18.2 Å². The summed E-state index contributed by atoms with van der Waals surface area (Å²) in [5.41, 5.74) is 4.97. The first-order valence-electron chi connectivity index (χ1n) is 6.00. The van der Waals surface area contributed by atoms with Gasteiger partial charge in [0.2, 0.25) is 0 Å². The van der Waals surface area contributed by atoms with Gasteiger partial charge >= 0.3 is 6.18 Å². The van der Waals surface area contributed by atoms with Crippen molar-refractivity contribution < 1.29 is 17.9 Å². The largest absolute Gasteiger partial charge is 0.492 e. The van der Waals surface area contributed by atoms with Crippen LogP contribution >= 0.6 is 15.9 Å². The zero-order valence-corrected chi connectivity index (χ0v) is 12.3. The Bertz CT molecular complexity index is 673. The Hall–Kier alpha value is -1.76. The van der Waals surface area contributed by atoms with Gasteiger partial charge in [0, 0.05) is 4.47 Å². The maximum atomic E-state index is 12.7. The van der Waals surface area contributed by atoms with Crippen molar-refractivity contribution in [1.29, 1.82) is 5.41 Å². The van der Waals surface area contributed by atoms with Gasteiger partial charge in [-0.2, -0.15) is 13.2 Å². The zero-order chi connectivity index (χ0) is 15.6. The Labute approximate surface area is 127 Å². The minimum atomic E-state index is -4.59. The molecule has 0 amide bonds. The molecular weight excluding hydrogens is 349 g/mol. The molecule has 0 aliphatic rings. The number of nitrogens with two attached hydrogens (primary N) is 1. The minimum Gasteiger partial charge on any atom is -0.492 e. The SMILES string of the molecule is N=C(N)C(COc1ccc2cc(Br)ccc2c1)C(F)(F)F. The van der Waals surface area contributed by atoms with Crippen LogP contribution in [0.15, 0.2) is 40.9 Å². The number of halogens is 4. The van der Waals surface area contributed by atoms with Gasteiger partial charge in [0.1, 0.15) is 24.1 Å². The predicted molar refractivity (Wildman–Crippen MR) is 78.6 cm³/mol. The Morgan fingerprint density at radius 2 is 1.81 bits per heavy atom. The van der Waals surface area contributed by atoms with E-state index in [4.69, 9.17) is 15.9 Å². The fraction of sp³-hybridized carbons (Fsp3) is 0.214. The second-order valence-electron chi connectivity index (χ2n) is 4.51. The molecule has 2 aromatic rings. The Morgan fingerprint density at radius 3 is 2.43 bits per heavy atom. The number of alkyl halides is 3. The molecule has 0 aliphatic heterocycles. The summed E-state index contributed by atoms with van der Waals surface area (Å²) in [6.07, 6.45) is -4.59. The number of hydrogen-bond acceptors (Lipinski definition) is 2. The molecule has 0 fully saturated rings. The van der Waals surface area contributed by atoms with Crippen LogP contribution in [-0.4, -0.2) is 18.6 Å². The van der Waals surface area contributed by atoms with Gasteiger partial charge in [-0.05, 0) is 35.0 Å². The van der Waals surface area contributed by atoms with Crippen LogP contribution in [0.5, 0.6) is 5.75 Å². The van der Waals surface area contributed by atoms with Gasteiger partial charge in [-0.15, -0.1) is 0 Å². The van der Waals surface area contributed by atoms with Crippen molar-refractivity contribution in [3.8, 4) is 5.75 Å². The minimum absolute atomic E-state index is 0.306. The lowest BCUT2D eigenvalue weighted by Gasteiger charge is -2.19. The van der Waals surface area contributed by atoms with Crippen molar-refractivity contribution in [3.63, 3.8) is 0 Å². The molecule has 2 aromatic carbocycles. The van der Waals surface area contributed by atoms with Crippen molar-refractivity contribution in [3.05, 3.63) is 40.9 Å². The maximum absolute atomic E-state index is 12.7. The molecule has 0 radical (unpaired) electrons. The van der Waals surface area contributed by atoms with Gasteiger partial charge < -0.3 is 10.5 Å². The second kappa shape index (κ2) is 5.93. The molecule has 0 aromatic heterocycles. The number of hydrogen-bond donors (Lipinski definition) is 2. The van der Waals surface area contributed by atoms with Crippen LogP contribution < -0.4 is 10.5 Å². The summed E-state index contributed by atoms with van der Waals surface area (Å²) in [6, 6.07) is 10.6. The fourth-order valence-corrected chi connectivity index (χ4v) is 2.20. The monoisotopic (exact) mass is 360 g/mol. The highest BCUT2D eigenvalue weighted by atomic mass is 79.9. The van der Waals surface area contributed by atoms with Crippen molar-refractivity contribution in [2.45, 2.75) is 6.18 Å². The summed E-state index contributed by atoms with van der Waals surface area (Å²) in [5, 5.41) is 8.79. The Morgan fingerprint density at radius 1 is 1.19 bits per heavy atom. The molecule has 2 rings (SSSR count). The third kappa shape index (κ3) is 3.87. The normalized spacial score (nSPS) is 13.1. The van der Waals surface area contributed by atoms with Gasteiger partial charge in [0.05, 0.1) is 0 Å². The van der Waals surface area contributed by atoms with E-state index in [0.717, 1.165) is 15.2 Å². The van der Waals surface area contributed by atoms with E-state index in [9.17, 15) is 13.2 Å². The molecule has 0 heterocycles. The van der Waals surface area contributed by atoms with Crippen molar-refractivity contribution in [1.82, 2.24) is 0 Å². The lowest BCUT2D eigenvalue weighted by atomic mass is 10.1. The summed E-state index contributed by atoms with van der Waals surface area (Å²) in [6.45, 7) is -0.707. The first-order chi connectivity index (χ1) is 9.77. The average molecular weight is 361 g/mol. The smallest absolute Gasteiger partial charge is 0.401 e. The topological polar surface area (TPSA) is 59.1 Å². The molecule has 1 atom stereocenters. The van der Waals surface area contributed by atoms with Crippen LogP contribution in [0.2, 0.25) is 0 Å². The Balaban J connectivity index is 2.16. The van der Waals surface area contributed by atoms with E-state index in [0.29, 0.717) is 5.75 Å². The number of amidine groups is 1. The molecule has 3 nitrogen and oxygen atoms in total. The molecule has 21 heavy (non-hydrogen) atoms. The molecule has 7 heteroatoms. The first-order valence-corrected chi connectivity index (χ1v) is 6.79. The molecular formula is C14H12BrF3N2O. The molecule has 3 N–H and O–H groups in total. The predicted octanol–water partition coefficient (Wildman–Crippen LogP) is 4.10. The average Bonchev–Trinajstić information content (AvgIpc) is 2.37. The van der Waals surface area contributed by atoms with E-state index in [1.807, 2.05) is 18.2 Å². The van der Waals surface area contributed by atoms with E-state index in [1.165, 1.54) is 0 Å². The molecule has 0 aliphatic carbocycles. The van der Waals surface area contributed by atoms with Crippen molar-refractivity contribution in [2.75, 3.05) is 6.61 Å². The highest BCUT2D eigenvalue weighted by Crippen LogP contribution is 2.28. The summed E-state index contributed by atoms with van der Waals surface area (Å²) >= 11 is 3.34. The van der Waals surface area contributed by atoms with Crippen LogP contribution in [-0.2, 0) is 0 Å². The van der Waals surface area contributed by atoms with Crippen LogP contribution in [0.1, 0.15) is 0 Å². The number of ether oxygens (including phenoxy) is 1. The van der Waals surface area contributed by atoms with Crippen LogP contribution in [0.4, 0.5) is 13.2 Å². The van der Waals surface area contributed by atoms with Crippen molar-refractivity contribution >= 4 is 32.5 Å². The van der Waals surface area contributed by atoms with Gasteiger partial charge in [0.15, 0.2) is 0 Å². The quantitative estimate of drug-likeness (QED) is 0.637. The molecule has 0 bridgehead atoms. The van der Waals surface area contributed by atoms with E-state index < -0.39 is 24.5 Å². The third-order valence-corrected chi connectivity index (χ3v) is 3.45. The summed E-state index contributed by atoms with van der Waals surface area (Å²) in [5.74, 6) is -2.74. The standard InChI is InChI=1S/C14H12BrF3N2O/c15-10-3-1-9-6-11(4-2-8(9)5-10)21-7-12(13(19)20)14(16,17)18/h1-6,12H,7H2,(H3,19,20). The van der Waals surface area contributed by atoms with Crippen LogP contribution in [0, 0.1) is 11.3 Å². The highest BCUT2D eigenvalue weighted by molar-refractivity contribution is 9.10. The Kier molecular flexibility index (Phi) is 4.41. The second-order valence-corrected chi connectivity index (χ2v) is 5.43. The van der Waals surface area contributed by atoms with Crippen LogP contribution in [0.25, 0.3) is 10.8 Å². The maximum Gasteiger partial charge on any atom is 0.401 e. The van der Waals surface area contributed by atoms with Gasteiger partial charge in [-0.3, -0.25) is 5.41 Å². The molecule has 0 saturated carbocycles. The lowest BCUT2D eigenvalue weighted by molar-refractivity contribution is -0.162. The lowest BCUT2D eigenvalue weighted by Crippen LogP contribution is -2.39. The number of fused-ring (bicyclic) bond motifs is 1. The molecule has 112 valence electrons. The molecule has 0 spiro atoms. The summed E-state index contributed by atoms with van der Waals surface area (Å²) in [4.78, 5) is 0. The molecule has 1 unspecified atom stereocenters. The van der Waals surface area contributed by atoms with Gasteiger partial charge in [-0.25, -0.2) is 0 Å². The van der Waals surface area contributed by atoms with Gasteiger partial charge in [-0.1, -0.05) is 28.1 Å². The van der Waals surface area contributed by atoms with E-state index in [-0.39, 0.29) is 0 Å². The number of benzene rings is 2.